The summed E-state index contributed by atoms with van der Waals surface area (Å²) in [7, 11) is 1.97. The lowest BCUT2D eigenvalue weighted by atomic mass is 10.2. The lowest BCUT2D eigenvalue weighted by Crippen LogP contribution is -2.12. The standard InChI is InChI=1S/C11H17BrN2/c1-9-4-5-11(10(12)8-9)14-7-3-6-13-2/h4-5,8,13-14H,3,6-7H2,1-2H3. The maximum absolute atomic E-state index is 3.54. The second-order valence-electron chi connectivity index (χ2n) is 3.37. The molecule has 78 valence electrons. The zero-order chi connectivity index (χ0) is 10.4. The highest BCUT2D eigenvalue weighted by atomic mass is 79.9. The third-order valence-electron chi connectivity index (χ3n) is 2.04. The van der Waals surface area contributed by atoms with E-state index in [-0.39, 0.29) is 0 Å². The lowest BCUT2D eigenvalue weighted by molar-refractivity contribution is 0.748. The normalized spacial score (nSPS) is 10.2. The van der Waals surface area contributed by atoms with Gasteiger partial charge in [0.25, 0.3) is 0 Å². The van der Waals surface area contributed by atoms with Crippen LogP contribution in [0.3, 0.4) is 0 Å². The number of benzene rings is 1. The summed E-state index contributed by atoms with van der Waals surface area (Å²) in [6.07, 6.45) is 1.14. The highest BCUT2D eigenvalue weighted by molar-refractivity contribution is 9.10. The number of halogens is 1. The molecule has 1 rings (SSSR count). The molecule has 1 aromatic carbocycles. The number of hydrogen-bond donors (Lipinski definition) is 2. The van der Waals surface area contributed by atoms with Crippen molar-refractivity contribution in [3.63, 3.8) is 0 Å². The molecular formula is C11H17BrN2. The molecule has 0 heterocycles. The molecule has 0 aliphatic carbocycles. The van der Waals surface area contributed by atoms with Crippen molar-refractivity contribution in [2.24, 2.45) is 0 Å². The summed E-state index contributed by atoms with van der Waals surface area (Å²) in [6.45, 7) is 4.15. The maximum atomic E-state index is 3.54. The minimum absolute atomic E-state index is 1.00. The summed E-state index contributed by atoms with van der Waals surface area (Å²) in [6, 6.07) is 6.35. The number of rotatable bonds is 5. The first-order valence-electron chi connectivity index (χ1n) is 4.88. The minimum Gasteiger partial charge on any atom is -0.384 e. The van der Waals surface area contributed by atoms with Gasteiger partial charge in [-0.3, -0.25) is 0 Å². The Balaban J connectivity index is 2.42. The summed E-state index contributed by atoms with van der Waals surface area (Å²) in [5.41, 5.74) is 2.45. The molecule has 0 aromatic heterocycles. The molecule has 0 spiro atoms. The van der Waals surface area contributed by atoms with E-state index in [2.05, 4.69) is 51.7 Å². The van der Waals surface area contributed by atoms with E-state index < -0.39 is 0 Å². The van der Waals surface area contributed by atoms with Crippen molar-refractivity contribution in [2.75, 3.05) is 25.5 Å². The molecular weight excluding hydrogens is 240 g/mol. The first kappa shape index (κ1) is 11.5. The molecule has 2 N–H and O–H groups in total. The predicted octanol–water partition coefficient (Wildman–Crippen LogP) is 2.78. The SMILES string of the molecule is CNCCCNc1ccc(C)cc1Br. The van der Waals surface area contributed by atoms with Gasteiger partial charge in [0.2, 0.25) is 0 Å². The molecule has 0 aliphatic heterocycles. The Labute approximate surface area is 94.2 Å². The van der Waals surface area contributed by atoms with Crippen molar-refractivity contribution < 1.29 is 0 Å². The predicted molar refractivity (Wildman–Crippen MR) is 65.9 cm³/mol. The van der Waals surface area contributed by atoms with Gasteiger partial charge in [-0.05, 0) is 60.6 Å². The summed E-state index contributed by atoms with van der Waals surface area (Å²) in [5, 5.41) is 6.51. The fourth-order valence-corrected chi connectivity index (χ4v) is 1.89. The van der Waals surface area contributed by atoms with Gasteiger partial charge >= 0.3 is 0 Å². The third-order valence-corrected chi connectivity index (χ3v) is 2.70. The van der Waals surface area contributed by atoms with Crippen LogP contribution in [0.2, 0.25) is 0 Å². The summed E-state index contributed by atoms with van der Waals surface area (Å²) >= 11 is 3.54. The van der Waals surface area contributed by atoms with Gasteiger partial charge in [0.15, 0.2) is 0 Å². The zero-order valence-corrected chi connectivity index (χ0v) is 10.3. The molecule has 0 saturated carbocycles. The highest BCUT2D eigenvalue weighted by Crippen LogP contribution is 2.22. The first-order valence-corrected chi connectivity index (χ1v) is 5.68. The number of anilines is 1. The van der Waals surface area contributed by atoms with E-state index >= 15 is 0 Å². The fourth-order valence-electron chi connectivity index (χ4n) is 1.25. The van der Waals surface area contributed by atoms with E-state index in [1.165, 1.54) is 11.3 Å². The van der Waals surface area contributed by atoms with Crippen molar-refractivity contribution in [3.05, 3.63) is 28.2 Å². The molecule has 3 heteroatoms. The molecule has 0 unspecified atom stereocenters. The van der Waals surface area contributed by atoms with Gasteiger partial charge in [-0.15, -0.1) is 0 Å². The Morgan fingerprint density at radius 3 is 2.71 bits per heavy atom. The van der Waals surface area contributed by atoms with Crippen molar-refractivity contribution in [2.45, 2.75) is 13.3 Å². The second-order valence-corrected chi connectivity index (χ2v) is 4.22. The van der Waals surface area contributed by atoms with Crippen molar-refractivity contribution in [1.82, 2.24) is 5.32 Å². The maximum Gasteiger partial charge on any atom is 0.0484 e. The molecule has 0 saturated heterocycles. The summed E-state index contributed by atoms with van der Waals surface area (Å²) < 4.78 is 1.14. The first-order chi connectivity index (χ1) is 6.74. The largest absolute Gasteiger partial charge is 0.384 e. The molecule has 0 fully saturated rings. The highest BCUT2D eigenvalue weighted by Gasteiger charge is 1.97. The molecule has 14 heavy (non-hydrogen) atoms. The number of nitrogens with one attached hydrogen (secondary N) is 2. The molecule has 0 aliphatic rings. The number of hydrogen-bond acceptors (Lipinski definition) is 2. The van der Waals surface area contributed by atoms with Crippen LogP contribution in [0, 0.1) is 6.92 Å². The Bertz CT molecular complexity index is 287. The van der Waals surface area contributed by atoms with Gasteiger partial charge < -0.3 is 10.6 Å². The molecule has 0 bridgehead atoms. The van der Waals surface area contributed by atoms with E-state index in [0.717, 1.165) is 24.0 Å². The Hall–Kier alpha value is -0.540. The second kappa shape index (κ2) is 6.04. The number of aryl methyl sites for hydroxylation is 1. The van der Waals surface area contributed by atoms with E-state index in [0.29, 0.717) is 0 Å². The average molecular weight is 257 g/mol. The Kier molecular flexibility index (Phi) is 4.98. The minimum atomic E-state index is 1.00. The van der Waals surface area contributed by atoms with E-state index in [1.54, 1.807) is 0 Å². The van der Waals surface area contributed by atoms with Crippen LogP contribution < -0.4 is 10.6 Å². The topological polar surface area (TPSA) is 24.1 Å². The Morgan fingerprint density at radius 1 is 1.29 bits per heavy atom. The molecule has 0 radical (unpaired) electrons. The van der Waals surface area contributed by atoms with E-state index in [4.69, 9.17) is 0 Å². The fraction of sp³-hybridized carbons (Fsp3) is 0.455. The smallest absolute Gasteiger partial charge is 0.0484 e. The van der Waals surface area contributed by atoms with Crippen LogP contribution in [0.5, 0.6) is 0 Å². The van der Waals surface area contributed by atoms with Crippen LogP contribution in [-0.4, -0.2) is 20.1 Å². The van der Waals surface area contributed by atoms with Crippen LogP contribution >= 0.6 is 15.9 Å². The van der Waals surface area contributed by atoms with Gasteiger partial charge in [0, 0.05) is 16.7 Å². The molecule has 2 nitrogen and oxygen atoms in total. The average Bonchev–Trinajstić information content (AvgIpc) is 2.15. The lowest BCUT2D eigenvalue weighted by Gasteiger charge is -2.08. The van der Waals surface area contributed by atoms with Gasteiger partial charge in [-0.25, -0.2) is 0 Å². The van der Waals surface area contributed by atoms with Crippen molar-refractivity contribution in [3.8, 4) is 0 Å². The van der Waals surface area contributed by atoms with Crippen LogP contribution in [0.25, 0.3) is 0 Å². The zero-order valence-electron chi connectivity index (χ0n) is 8.73. The quantitative estimate of drug-likeness (QED) is 0.792. The molecule has 1 aromatic rings. The third kappa shape index (κ3) is 3.68. The van der Waals surface area contributed by atoms with Crippen LogP contribution in [0.4, 0.5) is 5.69 Å². The van der Waals surface area contributed by atoms with Crippen molar-refractivity contribution in [1.29, 1.82) is 0 Å². The van der Waals surface area contributed by atoms with Crippen LogP contribution in [0.15, 0.2) is 22.7 Å². The van der Waals surface area contributed by atoms with Gasteiger partial charge in [0.05, 0.1) is 0 Å². The molecule has 0 atom stereocenters. The van der Waals surface area contributed by atoms with Gasteiger partial charge in [-0.2, -0.15) is 0 Å². The monoisotopic (exact) mass is 256 g/mol. The molecule has 0 amide bonds. The van der Waals surface area contributed by atoms with Gasteiger partial charge in [0.1, 0.15) is 0 Å². The summed E-state index contributed by atoms with van der Waals surface area (Å²) in [5.74, 6) is 0. The van der Waals surface area contributed by atoms with E-state index in [9.17, 15) is 0 Å². The summed E-state index contributed by atoms with van der Waals surface area (Å²) in [4.78, 5) is 0. The van der Waals surface area contributed by atoms with Crippen molar-refractivity contribution >= 4 is 21.6 Å². The van der Waals surface area contributed by atoms with Crippen LogP contribution in [-0.2, 0) is 0 Å². The van der Waals surface area contributed by atoms with Crippen LogP contribution in [0.1, 0.15) is 12.0 Å². The Morgan fingerprint density at radius 2 is 2.07 bits per heavy atom. The van der Waals surface area contributed by atoms with E-state index in [1.807, 2.05) is 7.05 Å². The van der Waals surface area contributed by atoms with Gasteiger partial charge in [-0.1, -0.05) is 6.07 Å².